The number of rotatable bonds is 2. The second kappa shape index (κ2) is 4.67. The SMILES string of the molecule is CC(=O)OC1(OC(C)=O)[C@H](C)CCCC1(C)C. The van der Waals surface area contributed by atoms with Crippen molar-refractivity contribution in [1.29, 1.82) is 0 Å². The first-order valence-electron chi connectivity index (χ1n) is 6.10. The van der Waals surface area contributed by atoms with Gasteiger partial charge >= 0.3 is 11.9 Å². The largest absolute Gasteiger partial charge is 0.422 e. The van der Waals surface area contributed by atoms with Gasteiger partial charge in [-0.1, -0.05) is 27.2 Å². The molecule has 0 bridgehead atoms. The Morgan fingerprint density at radius 2 is 1.59 bits per heavy atom. The minimum Gasteiger partial charge on any atom is -0.422 e. The van der Waals surface area contributed by atoms with Crippen LogP contribution in [0.5, 0.6) is 0 Å². The van der Waals surface area contributed by atoms with Crippen LogP contribution in [-0.4, -0.2) is 17.7 Å². The van der Waals surface area contributed by atoms with Gasteiger partial charge in [0.1, 0.15) is 0 Å². The van der Waals surface area contributed by atoms with Crippen molar-refractivity contribution in [2.75, 3.05) is 0 Å². The number of esters is 2. The van der Waals surface area contributed by atoms with E-state index in [9.17, 15) is 9.59 Å². The molecular weight excluding hydrogens is 220 g/mol. The summed E-state index contributed by atoms with van der Waals surface area (Å²) in [5.74, 6) is -1.93. The summed E-state index contributed by atoms with van der Waals surface area (Å²) in [6.07, 6.45) is 2.82. The van der Waals surface area contributed by atoms with Crippen LogP contribution in [0.1, 0.15) is 53.9 Å². The Morgan fingerprint density at radius 3 is 1.94 bits per heavy atom. The Hall–Kier alpha value is -1.06. The molecule has 4 nitrogen and oxygen atoms in total. The lowest BCUT2D eigenvalue weighted by molar-refractivity contribution is -0.297. The van der Waals surface area contributed by atoms with Gasteiger partial charge in [-0.05, 0) is 12.8 Å². The van der Waals surface area contributed by atoms with Crippen LogP contribution in [-0.2, 0) is 19.1 Å². The predicted molar refractivity (Wildman–Crippen MR) is 63.1 cm³/mol. The molecule has 17 heavy (non-hydrogen) atoms. The van der Waals surface area contributed by atoms with Crippen molar-refractivity contribution in [3.05, 3.63) is 0 Å². The topological polar surface area (TPSA) is 52.6 Å². The first-order chi connectivity index (χ1) is 7.71. The fraction of sp³-hybridized carbons (Fsp3) is 0.846. The van der Waals surface area contributed by atoms with E-state index >= 15 is 0 Å². The highest BCUT2D eigenvalue weighted by molar-refractivity contribution is 5.69. The number of ether oxygens (including phenoxy) is 2. The summed E-state index contributed by atoms with van der Waals surface area (Å²) < 4.78 is 10.9. The van der Waals surface area contributed by atoms with Gasteiger partial charge in [-0.15, -0.1) is 0 Å². The Bertz CT molecular complexity index is 303. The fourth-order valence-electron chi connectivity index (χ4n) is 2.81. The predicted octanol–water partition coefficient (Wildman–Crippen LogP) is 2.66. The maximum atomic E-state index is 11.3. The third-order valence-corrected chi connectivity index (χ3v) is 3.62. The van der Waals surface area contributed by atoms with Crippen molar-refractivity contribution in [3.63, 3.8) is 0 Å². The van der Waals surface area contributed by atoms with Crippen molar-refractivity contribution in [2.45, 2.75) is 59.7 Å². The molecule has 4 heteroatoms. The smallest absolute Gasteiger partial charge is 0.305 e. The van der Waals surface area contributed by atoms with Crippen LogP contribution in [0.25, 0.3) is 0 Å². The second-order valence-corrected chi connectivity index (χ2v) is 5.53. The minimum atomic E-state index is -1.12. The van der Waals surface area contributed by atoms with Gasteiger partial charge in [0.2, 0.25) is 0 Å². The molecule has 0 aliphatic heterocycles. The lowest BCUT2D eigenvalue weighted by Gasteiger charge is -2.50. The van der Waals surface area contributed by atoms with Gasteiger partial charge in [0, 0.05) is 25.2 Å². The maximum absolute atomic E-state index is 11.3. The van der Waals surface area contributed by atoms with Gasteiger partial charge in [-0.25, -0.2) is 0 Å². The van der Waals surface area contributed by atoms with E-state index in [-0.39, 0.29) is 11.3 Å². The highest BCUT2D eigenvalue weighted by Crippen LogP contribution is 2.50. The van der Waals surface area contributed by atoms with Crippen LogP contribution < -0.4 is 0 Å². The van der Waals surface area contributed by atoms with Crippen LogP contribution in [0.3, 0.4) is 0 Å². The standard InChI is InChI=1S/C13H22O4/c1-9-7-6-8-12(4,5)13(9,16-10(2)14)17-11(3)15/h9H,6-8H2,1-5H3/t9-/m1/s1. The molecule has 0 unspecified atom stereocenters. The Kier molecular flexibility index (Phi) is 3.84. The second-order valence-electron chi connectivity index (χ2n) is 5.53. The van der Waals surface area contributed by atoms with E-state index in [0.29, 0.717) is 0 Å². The number of hydrogen-bond donors (Lipinski definition) is 0. The molecule has 0 spiro atoms. The van der Waals surface area contributed by atoms with Crippen LogP contribution in [0, 0.1) is 11.3 Å². The Morgan fingerprint density at radius 1 is 1.12 bits per heavy atom. The van der Waals surface area contributed by atoms with Gasteiger partial charge < -0.3 is 9.47 Å². The van der Waals surface area contributed by atoms with E-state index in [2.05, 4.69) is 0 Å². The molecule has 1 rings (SSSR count). The molecule has 98 valence electrons. The quantitative estimate of drug-likeness (QED) is 0.552. The Labute approximate surface area is 103 Å². The van der Waals surface area contributed by atoms with Crippen molar-refractivity contribution in [1.82, 2.24) is 0 Å². The fourth-order valence-corrected chi connectivity index (χ4v) is 2.81. The van der Waals surface area contributed by atoms with Crippen molar-refractivity contribution < 1.29 is 19.1 Å². The molecule has 0 saturated heterocycles. The zero-order valence-corrected chi connectivity index (χ0v) is 11.3. The van der Waals surface area contributed by atoms with Crippen molar-refractivity contribution >= 4 is 11.9 Å². The minimum absolute atomic E-state index is 0.0130. The van der Waals surface area contributed by atoms with E-state index in [0.717, 1.165) is 19.3 Å². The summed E-state index contributed by atoms with van der Waals surface area (Å²) in [5.41, 5.74) is -0.359. The van der Waals surface area contributed by atoms with Crippen LogP contribution in [0.2, 0.25) is 0 Å². The lowest BCUT2D eigenvalue weighted by atomic mass is 9.67. The molecule has 0 radical (unpaired) electrons. The number of carbonyl (C=O) groups is 2. The van der Waals surface area contributed by atoms with E-state index in [1.165, 1.54) is 13.8 Å². The van der Waals surface area contributed by atoms with E-state index < -0.39 is 17.7 Å². The van der Waals surface area contributed by atoms with Crippen molar-refractivity contribution in [3.8, 4) is 0 Å². The molecule has 0 amide bonds. The summed E-state index contributed by atoms with van der Waals surface area (Å²) in [5, 5.41) is 0. The van der Waals surface area contributed by atoms with E-state index in [4.69, 9.17) is 9.47 Å². The van der Waals surface area contributed by atoms with Crippen molar-refractivity contribution in [2.24, 2.45) is 11.3 Å². The normalized spacial score (nSPS) is 26.1. The molecule has 1 fully saturated rings. The summed E-state index contributed by atoms with van der Waals surface area (Å²) in [4.78, 5) is 22.6. The third-order valence-electron chi connectivity index (χ3n) is 3.62. The van der Waals surface area contributed by atoms with Gasteiger partial charge in [-0.2, -0.15) is 0 Å². The molecule has 0 aromatic rings. The molecule has 0 N–H and O–H groups in total. The van der Waals surface area contributed by atoms with Crippen LogP contribution >= 0.6 is 0 Å². The third kappa shape index (κ3) is 2.61. The Balaban J connectivity index is 3.14. The van der Waals surface area contributed by atoms with Crippen LogP contribution in [0.4, 0.5) is 0 Å². The highest BCUT2D eigenvalue weighted by Gasteiger charge is 2.57. The van der Waals surface area contributed by atoms with Gasteiger partial charge in [0.05, 0.1) is 0 Å². The summed E-state index contributed by atoms with van der Waals surface area (Å²) in [7, 11) is 0. The van der Waals surface area contributed by atoms with E-state index in [1.54, 1.807) is 0 Å². The first-order valence-corrected chi connectivity index (χ1v) is 6.10. The monoisotopic (exact) mass is 242 g/mol. The zero-order chi connectivity index (χ0) is 13.3. The first kappa shape index (κ1) is 14.0. The average molecular weight is 242 g/mol. The average Bonchev–Trinajstić information content (AvgIpc) is 2.12. The molecule has 1 aliphatic rings. The summed E-state index contributed by atoms with van der Waals surface area (Å²) >= 11 is 0. The molecule has 1 saturated carbocycles. The summed E-state index contributed by atoms with van der Waals surface area (Å²) in [6, 6.07) is 0. The number of hydrogen-bond acceptors (Lipinski definition) is 4. The van der Waals surface area contributed by atoms with E-state index in [1.807, 2.05) is 20.8 Å². The summed E-state index contributed by atoms with van der Waals surface area (Å²) in [6.45, 7) is 8.63. The molecule has 0 heterocycles. The molecule has 1 atom stereocenters. The molecule has 1 aliphatic carbocycles. The zero-order valence-electron chi connectivity index (χ0n) is 11.3. The molecule has 0 aromatic heterocycles. The number of carbonyl (C=O) groups excluding carboxylic acids is 2. The van der Waals surface area contributed by atoms with Gasteiger partial charge in [0.25, 0.3) is 5.79 Å². The lowest BCUT2D eigenvalue weighted by Crippen LogP contribution is -2.57. The highest BCUT2D eigenvalue weighted by atomic mass is 16.7. The molecular formula is C13H22O4. The molecule has 0 aromatic carbocycles. The van der Waals surface area contributed by atoms with Gasteiger partial charge in [0.15, 0.2) is 0 Å². The van der Waals surface area contributed by atoms with Crippen LogP contribution in [0.15, 0.2) is 0 Å². The van der Waals surface area contributed by atoms with Gasteiger partial charge in [-0.3, -0.25) is 9.59 Å². The maximum Gasteiger partial charge on any atom is 0.305 e.